The third-order valence-electron chi connectivity index (χ3n) is 4.24. The van der Waals surface area contributed by atoms with Crippen molar-refractivity contribution in [2.75, 3.05) is 13.2 Å². The Morgan fingerprint density at radius 3 is 2.32 bits per heavy atom. The van der Waals surface area contributed by atoms with Crippen LogP contribution in [0.5, 0.6) is 0 Å². The minimum Gasteiger partial charge on any atom is -0.444 e. The van der Waals surface area contributed by atoms with Gasteiger partial charge < -0.3 is 25.0 Å². The molecule has 31 heavy (non-hydrogen) atoms. The van der Waals surface area contributed by atoms with Gasteiger partial charge in [-0.1, -0.05) is 41.6 Å². The average molecular weight is 468 g/mol. The van der Waals surface area contributed by atoms with E-state index >= 15 is 0 Å². The smallest absolute Gasteiger partial charge is 0.408 e. The maximum absolute atomic E-state index is 11.9. The van der Waals surface area contributed by atoms with Crippen molar-refractivity contribution in [3.8, 4) is 0 Å². The summed E-state index contributed by atoms with van der Waals surface area (Å²) in [7, 11) is 0. The predicted octanol–water partition coefficient (Wildman–Crippen LogP) is 4.95. The minimum absolute atomic E-state index is 0.0216. The van der Waals surface area contributed by atoms with E-state index in [1.807, 2.05) is 49.4 Å². The number of ether oxygens (including phenoxy) is 2. The summed E-state index contributed by atoms with van der Waals surface area (Å²) in [4.78, 5) is 13.9. The fourth-order valence-corrected chi connectivity index (χ4v) is 3.92. The van der Waals surface area contributed by atoms with Gasteiger partial charge in [-0.25, -0.2) is 4.79 Å². The molecule has 8 heteroatoms. The van der Waals surface area contributed by atoms with Gasteiger partial charge in [0.15, 0.2) is 0 Å². The number of alkyl carbamates (subject to hydrolysis) is 1. The van der Waals surface area contributed by atoms with E-state index in [1.165, 1.54) is 0 Å². The van der Waals surface area contributed by atoms with Crippen LogP contribution in [0.1, 0.15) is 44.9 Å². The molecule has 0 saturated carbocycles. The molecule has 0 spiro atoms. The summed E-state index contributed by atoms with van der Waals surface area (Å²) in [5.74, 6) is 0. The Labute approximate surface area is 192 Å². The second-order valence-corrected chi connectivity index (χ2v) is 9.64. The molecule has 0 aliphatic carbocycles. The third kappa shape index (κ3) is 8.71. The van der Waals surface area contributed by atoms with Gasteiger partial charge in [-0.05, 0) is 63.1 Å². The van der Waals surface area contributed by atoms with Crippen molar-refractivity contribution in [3.05, 3.63) is 58.6 Å². The first-order valence-electron chi connectivity index (χ1n) is 10.0. The summed E-state index contributed by atoms with van der Waals surface area (Å²) in [5, 5.41) is 21.8. The van der Waals surface area contributed by atoms with Crippen LogP contribution < -0.4 is 5.32 Å². The number of carbonyl (C=O) groups excluding carboxylic acids is 1. The summed E-state index contributed by atoms with van der Waals surface area (Å²) in [5.41, 5.74) is 1.06. The number of nitrogens with one attached hydrogen (secondary N) is 1. The quantitative estimate of drug-likeness (QED) is 0.483. The number of amides is 1. The molecule has 0 heterocycles. The molecule has 3 N–H and O–H groups in total. The Balaban J connectivity index is 1.93. The van der Waals surface area contributed by atoms with E-state index in [2.05, 4.69) is 5.32 Å². The van der Waals surface area contributed by atoms with Crippen molar-refractivity contribution >= 4 is 29.5 Å². The van der Waals surface area contributed by atoms with Gasteiger partial charge in [-0.2, -0.15) is 0 Å². The highest BCUT2D eigenvalue weighted by molar-refractivity contribution is 7.99. The van der Waals surface area contributed by atoms with Gasteiger partial charge in [0.2, 0.25) is 0 Å². The van der Waals surface area contributed by atoms with Gasteiger partial charge in [0, 0.05) is 14.8 Å². The molecule has 0 saturated heterocycles. The molecule has 170 valence electrons. The zero-order chi connectivity index (χ0) is 23.0. The number of carbonyl (C=O) groups is 1. The van der Waals surface area contributed by atoms with E-state index in [0.29, 0.717) is 5.02 Å². The maximum atomic E-state index is 11.9. The zero-order valence-corrected chi connectivity index (χ0v) is 19.8. The van der Waals surface area contributed by atoms with Crippen LogP contribution in [-0.2, 0) is 16.1 Å². The van der Waals surface area contributed by atoms with Crippen LogP contribution in [0.25, 0.3) is 0 Å². The lowest BCUT2D eigenvalue weighted by Gasteiger charge is -2.24. The van der Waals surface area contributed by atoms with E-state index in [9.17, 15) is 9.90 Å². The molecule has 0 bridgehead atoms. The molecule has 1 amide bonds. The van der Waals surface area contributed by atoms with Crippen molar-refractivity contribution < 1.29 is 24.5 Å². The number of rotatable bonds is 9. The number of halogens is 1. The monoisotopic (exact) mass is 467 g/mol. The first-order chi connectivity index (χ1) is 14.6. The highest BCUT2D eigenvalue weighted by atomic mass is 35.5. The van der Waals surface area contributed by atoms with Crippen molar-refractivity contribution in [2.45, 2.75) is 61.8 Å². The van der Waals surface area contributed by atoms with Crippen LogP contribution in [-0.4, -0.2) is 41.2 Å². The standard InChI is InChI=1S/C23H30ClNO5S/c1-15(29-14-17(13-27)25-22(28)30-23(2,3)4)20-10-9-19(11-21(20)24)31-18-7-5-16(12-26)6-8-18/h5-11,15,17,26-27H,12-14H2,1-4H3,(H,25,28). The van der Waals surface area contributed by atoms with Crippen LogP contribution in [0.4, 0.5) is 4.79 Å². The Hall–Kier alpha value is -1.77. The molecular weight excluding hydrogens is 438 g/mol. The molecule has 2 unspecified atom stereocenters. The lowest BCUT2D eigenvalue weighted by atomic mass is 10.1. The Bertz CT molecular complexity index is 854. The number of aliphatic hydroxyl groups excluding tert-OH is 2. The molecule has 0 aliphatic heterocycles. The summed E-state index contributed by atoms with van der Waals surface area (Å²) in [6.45, 7) is 7.04. The van der Waals surface area contributed by atoms with Gasteiger partial charge >= 0.3 is 6.09 Å². The molecule has 0 aromatic heterocycles. The fraction of sp³-hybridized carbons (Fsp3) is 0.435. The number of hydrogen-bond donors (Lipinski definition) is 3. The number of hydrogen-bond acceptors (Lipinski definition) is 6. The van der Waals surface area contributed by atoms with Crippen molar-refractivity contribution in [3.63, 3.8) is 0 Å². The minimum atomic E-state index is -0.619. The molecular formula is C23H30ClNO5S. The molecule has 0 fully saturated rings. The van der Waals surface area contributed by atoms with Crippen LogP contribution in [0.2, 0.25) is 5.02 Å². The van der Waals surface area contributed by atoms with Gasteiger partial charge in [0.05, 0.1) is 32.0 Å². The summed E-state index contributed by atoms with van der Waals surface area (Å²) >= 11 is 8.05. The summed E-state index contributed by atoms with van der Waals surface area (Å²) in [6, 6.07) is 12.8. The van der Waals surface area contributed by atoms with Gasteiger partial charge in [0.1, 0.15) is 5.60 Å². The topological polar surface area (TPSA) is 88.0 Å². The van der Waals surface area contributed by atoms with E-state index in [4.69, 9.17) is 26.2 Å². The third-order valence-corrected chi connectivity index (χ3v) is 5.57. The second kappa shape index (κ2) is 11.7. The zero-order valence-electron chi connectivity index (χ0n) is 18.2. The molecule has 6 nitrogen and oxygen atoms in total. The van der Waals surface area contributed by atoms with Gasteiger partial charge in [-0.3, -0.25) is 0 Å². The van der Waals surface area contributed by atoms with E-state index in [1.54, 1.807) is 32.5 Å². The number of benzene rings is 2. The fourth-order valence-electron chi connectivity index (χ4n) is 2.66. The normalized spacial score (nSPS) is 13.5. The second-order valence-electron chi connectivity index (χ2n) is 8.09. The van der Waals surface area contributed by atoms with Crippen LogP contribution in [0.3, 0.4) is 0 Å². The SMILES string of the molecule is CC(OCC(CO)NC(=O)OC(C)(C)C)c1ccc(Sc2ccc(CO)cc2)cc1Cl. The molecule has 2 rings (SSSR count). The first-order valence-corrected chi connectivity index (χ1v) is 11.2. The highest BCUT2D eigenvalue weighted by Crippen LogP contribution is 2.33. The number of aliphatic hydroxyl groups is 2. The van der Waals surface area contributed by atoms with Crippen molar-refractivity contribution in [1.29, 1.82) is 0 Å². The lowest BCUT2D eigenvalue weighted by molar-refractivity contribution is 0.0215. The van der Waals surface area contributed by atoms with Crippen molar-refractivity contribution in [1.82, 2.24) is 5.32 Å². The maximum Gasteiger partial charge on any atom is 0.408 e. The van der Waals surface area contributed by atoms with E-state index < -0.39 is 17.7 Å². The van der Waals surface area contributed by atoms with E-state index in [-0.39, 0.29) is 25.9 Å². The molecule has 2 aromatic rings. The Kier molecular flexibility index (Phi) is 9.65. The molecule has 2 atom stereocenters. The van der Waals surface area contributed by atoms with Crippen molar-refractivity contribution in [2.24, 2.45) is 0 Å². The van der Waals surface area contributed by atoms with Gasteiger partial charge in [-0.15, -0.1) is 0 Å². The van der Waals surface area contributed by atoms with E-state index in [0.717, 1.165) is 20.9 Å². The molecule has 0 aliphatic rings. The van der Waals surface area contributed by atoms with Gasteiger partial charge in [0.25, 0.3) is 0 Å². The largest absolute Gasteiger partial charge is 0.444 e. The van der Waals surface area contributed by atoms with Crippen LogP contribution in [0.15, 0.2) is 52.3 Å². The summed E-state index contributed by atoms with van der Waals surface area (Å²) < 4.78 is 11.0. The lowest BCUT2D eigenvalue weighted by Crippen LogP contribution is -2.43. The molecule has 2 aromatic carbocycles. The van der Waals surface area contributed by atoms with Crippen LogP contribution in [0, 0.1) is 0 Å². The predicted molar refractivity (Wildman–Crippen MR) is 123 cm³/mol. The summed E-state index contributed by atoms with van der Waals surface area (Å²) in [6.07, 6.45) is -0.931. The highest BCUT2D eigenvalue weighted by Gasteiger charge is 2.20. The average Bonchev–Trinajstić information content (AvgIpc) is 2.70. The first kappa shape index (κ1) is 25.5. The molecule has 0 radical (unpaired) electrons. The Morgan fingerprint density at radius 1 is 1.13 bits per heavy atom. The Morgan fingerprint density at radius 2 is 1.77 bits per heavy atom. The van der Waals surface area contributed by atoms with Crippen LogP contribution >= 0.6 is 23.4 Å².